The molecular weight excluding hydrogens is 323 g/mol. The van der Waals surface area contributed by atoms with Crippen LogP contribution in [0.4, 0.5) is 10.1 Å². The fourth-order valence-corrected chi connectivity index (χ4v) is 2.79. The molecule has 3 rings (SSSR count). The van der Waals surface area contributed by atoms with E-state index in [0.717, 1.165) is 11.1 Å². The highest BCUT2D eigenvalue weighted by atomic mass is 79.9. The Labute approximate surface area is 124 Å². The van der Waals surface area contributed by atoms with E-state index in [1.807, 2.05) is 6.07 Å². The van der Waals surface area contributed by atoms with E-state index in [9.17, 15) is 9.18 Å². The molecule has 0 unspecified atom stereocenters. The molecule has 0 aromatic heterocycles. The summed E-state index contributed by atoms with van der Waals surface area (Å²) in [7, 11) is 0. The van der Waals surface area contributed by atoms with E-state index < -0.39 is 0 Å². The Morgan fingerprint density at radius 1 is 1.25 bits per heavy atom. The highest BCUT2D eigenvalue weighted by Gasteiger charge is 2.27. The molecule has 0 aliphatic carbocycles. The summed E-state index contributed by atoms with van der Waals surface area (Å²) < 4.78 is 13.6. The van der Waals surface area contributed by atoms with Crippen molar-refractivity contribution < 1.29 is 9.18 Å². The van der Waals surface area contributed by atoms with Crippen LogP contribution in [0.15, 0.2) is 40.9 Å². The maximum absolute atomic E-state index is 13.2. The van der Waals surface area contributed by atoms with Gasteiger partial charge in [-0.3, -0.25) is 4.79 Å². The van der Waals surface area contributed by atoms with E-state index in [2.05, 4.69) is 15.9 Å². The van der Waals surface area contributed by atoms with Gasteiger partial charge in [-0.2, -0.15) is 0 Å². The van der Waals surface area contributed by atoms with Crippen molar-refractivity contribution in [3.05, 3.63) is 63.4 Å². The Balaban J connectivity index is 1.84. The third-order valence-corrected chi connectivity index (χ3v) is 3.98. The predicted octanol–water partition coefficient (Wildman–Crippen LogP) is 3.33. The molecule has 2 aromatic rings. The Morgan fingerprint density at radius 2 is 2.05 bits per heavy atom. The molecule has 0 radical (unpaired) electrons. The molecule has 0 atom stereocenters. The summed E-state index contributed by atoms with van der Waals surface area (Å²) in [6.07, 6.45) is 0. The molecule has 3 nitrogen and oxygen atoms in total. The van der Waals surface area contributed by atoms with E-state index in [-0.39, 0.29) is 11.7 Å². The first-order valence-corrected chi connectivity index (χ1v) is 6.95. The van der Waals surface area contributed by atoms with Crippen LogP contribution in [0.2, 0.25) is 0 Å². The number of amides is 1. The first-order valence-electron chi connectivity index (χ1n) is 6.16. The van der Waals surface area contributed by atoms with Crippen molar-refractivity contribution in [3.63, 3.8) is 0 Å². The summed E-state index contributed by atoms with van der Waals surface area (Å²) in [5.41, 5.74) is 8.81. The SMILES string of the molecule is Nc1ccc2c(c1)C(=O)N(Cc1ccc(F)c(Br)c1)C2. The Kier molecular flexibility index (Phi) is 3.22. The lowest BCUT2D eigenvalue weighted by Crippen LogP contribution is -2.23. The van der Waals surface area contributed by atoms with Crippen LogP contribution in [-0.2, 0) is 13.1 Å². The van der Waals surface area contributed by atoms with Gasteiger partial charge in [-0.15, -0.1) is 0 Å². The lowest BCUT2D eigenvalue weighted by atomic mass is 10.1. The molecule has 0 saturated carbocycles. The highest BCUT2D eigenvalue weighted by molar-refractivity contribution is 9.10. The molecule has 2 aromatic carbocycles. The van der Waals surface area contributed by atoms with Gasteiger partial charge < -0.3 is 10.6 Å². The summed E-state index contributed by atoms with van der Waals surface area (Å²) in [6.45, 7) is 1.01. The van der Waals surface area contributed by atoms with Gasteiger partial charge >= 0.3 is 0 Å². The van der Waals surface area contributed by atoms with Crippen LogP contribution in [-0.4, -0.2) is 10.8 Å². The smallest absolute Gasteiger partial charge is 0.254 e. The number of nitrogens with two attached hydrogens (primary N) is 1. The number of hydrogen-bond acceptors (Lipinski definition) is 2. The van der Waals surface area contributed by atoms with E-state index in [1.54, 1.807) is 29.2 Å². The van der Waals surface area contributed by atoms with Gasteiger partial charge in [0.15, 0.2) is 0 Å². The van der Waals surface area contributed by atoms with Crippen LogP contribution in [0.3, 0.4) is 0 Å². The van der Waals surface area contributed by atoms with Crippen molar-refractivity contribution in [2.45, 2.75) is 13.1 Å². The summed E-state index contributed by atoms with van der Waals surface area (Å²) in [4.78, 5) is 14.0. The monoisotopic (exact) mass is 334 g/mol. The van der Waals surface area contributed by atoms with Crippen molar-refractivity contribution in [1.29, 1.82) is 0 Å². The topological polar surface area (TPSA) is 46.3 Å². The largest absolute Gasteiger partial charge is 0.399 e. The standard InChI is InChI=1S/C15H12BrFN2O/c16-13-5-9(1-4-14(13)17)7-19-8-10-2-3-11(18)6-12(10)15(19)20/h1-6H,7-8,18H2. The van der Waals surface area contributed by atoms with E-state index in [0.29, 0.717) is 28.8 Å². The van der Waals surface area contributed by atoms with Crippen molar-refractivity contribution in [3.8, 4) is 0 Å². The van der Waals surface area contributed by atoms with Crippen LogP contribution < -0.4 is 5.73 Å². The fraction of sp³-hybridized carbons (Fsp3) is 0.133. The first kappa shape index (κ1) is 13.1. The van der Waals surface area contributed by atoms with Crippen molar-refractivity contribution in [1.82, 2.24) is 4.90 Å². The predicted molar refractivity (Wildman–Crippen MR) is 78.5 cm³/mol. The van der Waals surface area contributed by atoms with Gasteiger partial charge in [0, 0.05) is 24.3 Å². The van der Waals surface area contributed by atoms with Crippen LogP contribution in [0.5, 0.6) is 0 Å². The number of fused-ring (bicyclic) bond motifs is 1. The molecule has 0 saturated heterocycles. The number of rotatable bonds is 2. The Hall–Kier alpha value is -1.88. The lowest BCUT2D eigenvalue weighted by molar-refractivity contribution is 0.0766. The third kappa shape index (κ3) is 2.29. The van der Waals surface area contributed by atoms with Gasteiger partial charge in [0.05, 0.1) is 4.47 Å². The van der Waals surface area contributed by atoms with Gasteiger partial charge in [0.2, 0.25) is 0 Å². The molecule has 1 amide bonds. The molecule has 0 spiro atoms. The summed E-state index contributed by atoms with van der Waals surface area (Å²) in [6, 6.07) is 10.2. The average Bonchev–Trinajstić information content (AvgIpc) is 2.71. The van der Waals surface area contributed by atoms with Crippen molar-refractivity contribution >= 4 is 27.5 Å². The second-order valence-corrected chi connectivity index (χ2v) is 5.68. The normalized spacial score (nSPS) is 13.7. The van der Waals surface area contributed by atoms with E-state index >= 15 is 0 Å². The van der Waals surface area contributed by atoms with Crippen LogP contribution in [0, 0.1) is 5.82 Å². The number of halogens is 2. The minimum Gasteiger partial charge on any atom is -0.399 e. The molecule has 5 heteroatoms. The number of carbonyl (C=O) groups excluding carboxylic acids is 1. The zero-order chi connectivity index (χ0) is 14.3. The molecule has 2 N–H and O–H groups in total. The van der Waals surface area contributed by atoms with E-state index in [4.69, 9.17) is 5.73 Å². The number of hydrogen-bond donors (Lipinski definition) is 1. The van der Waals surface area contributed by atoms with Gasteiger partial charge in [0.1, 0.15) is 5.82 Å². The number of nitrogens with zero attached hydrogens (tertiary/aromatic N) is 1. The quantitative estimate of drug-likeness (QED) is 0.856. The Morgan fingerprint density at radius 3 is 2.80 bits per heavy atom. The summed E-state index contributed by atoms with van der Waals surface area (Å²) >= 11 is 3.15. The van der Waals surface area contributed by atoms with Gasteiger partial charge in [-0.25, -0.2) is 4.39 Å². The molecule has 1 aliphatic heterocycles. The second-order valence-electron chi connectivity index (χ2n) is 4.83. The van der Waals surface area contributed by atoms with Crippen LogP contribution in [0.25, 0.3) is 0 Å². The molecule has 0 fully saturated rings. The average molecular weight is 335 g/mol. The first-order chi connectivity index (χ1) is 9.54. The van der Waals surface area contributed by atoms with E-state index in [1.165, 1.54) is 6.07 Å². The lowest BCUT2D eigenvalue weighted by Gasteiger charge is -2.15. The molecule has 1 aliphatic rings. The highest BCUT2D eigenvalue weighted by Crippen LogP contribution is 2.27. The second kappa shape index (κ2) is 4.90. The number of anilines is 1. The van der Waals surface area contributed by atoms with Gasteiger partial charge in [0.25, 0.3) is 5.91 Å². The Bertz CT molecular complexity index is 702. The minimum atomic E-state index is -0.308. The third-order valence-electron chi connectivity index (χ3n) is 3.37. The fourth-order valence-electron chi connectivity index (χ4n) is 2.36. The zero-order valence-electron chi connectivity index (χ0n) is 10.6. The molecule has 102 valence electrons. The van der Waals surface area contributed by atoms with Crippen LogP contribution in [0.1, 0.15) is 21.5 Å². The maximum Gasteiger partial charge on any atom is 0.254 e. The van der Waals surface area contributed by atoms with Gasteiger partial charge in [-0.1, -0.05) is 12.1 Å². The summed E-state index contributed by atoms with van der Waals surface area (Å²) in [5, 5.41) is 0. The molecule has 20 heavy (non-hydrogen) atoms. The molecular formula is C15H12BrFN2O. The number of benzene rings is 2. The maximum atomic E-state index is 13.2. The van der Waals surface area contributed by atoms with Crippen molar-refractivity contribution in [2.24, 2.45) is 0 Å². The van der Waals surface area contributed by atoms with Crippen LogP contribution >= 0.6 is 15.9 Å². The molecule has 1 heterocycles. The minimum absolute atomic E-state index is 0.0345. The summed E-state index contributed by atoms with van der Waals surface area (Å²) in [5.74, 6) is -0.342. The zero-order valence-corrected chi connectivity index (χ0v) is 12.2. The number of nitrogen functional groups attached to an aromatic ring is 1. The number of carbonyl (C=O) groups is 1. The van der Waals surface area contributed by atoms with Crippen molar-refractivity contribution in [2.75, 3.05) is 5.73 Å². The van der Waals surface area contributed by atoms with Gasteiger partial charge in [-0.05, 0) is 51.3 Å². The molecule has 0 bridgehead atoms.